The highest BCUT2D eigenvalue weighted by Gasteiger charge is 2.10. The number of H-pyrrole nitrogens is 1. The molecule has 0 aliphatic heterocycles. The summed E-state index contributed by atoms with van der Waals surface area (Å²) < 4.78 is 13.7. The molecule has 0 atom stereocenters. The van der Waals surface area contributed by atoms with Crippen LogP contribution in [0.2, 0.25) is 0 Å². The van der Waals surface area contributed by atoms with Gasteiger partial charge in [0.1, 0.15) is 5.65 Å². The van der Waals surface area contributed by atoms with Crippen molar-refractivity contribution in [2.24, 2.45) is 0 Å². The predicted molar refractivity (Wildman–Crippen MR) is 74.6 cm³/mol. The molecule has 0 unspecified atom stereocenters. The van der Waals surface area contributed by atoms with E-state index in [1.807, 2.05) is 12.1 Å². The van der Waals surface area contributed by atoms with Crippen LogP contribution in [0.5, 0.6) is 0 Å². The van der Waals surface area contributed by atoms with E-state index < -0.39 is 5.95 Å². The van der Waals surface area contributed by atoms with Crippen LogP contribution in [-0.2, 0) is 0 Å². The number of fused-ring (bicyclic) bond motifs is 3. The van der Waals surface area contributed by atoms with Crippen LogP contribution in [0.1, 0.15) is 0 Å². The first kappa shape index (κ1) is 11.0. The molecule has 4 nitrogen and oxygen atoms in total. The summed E-state index contributed by atoms with van der Waals surface area (Å²) in [6, 6.07) is 8.97. The molecule has 0 saturated carbocycles. The predicted octanol–water partition coefficient (Wildman–Crippen LogP) is 3.31. The monoisotopic (exact) mass is 263 g/mol. The van der Waals surface area contributed by atoms with Gasteiger partial charge >= 0.3 is 0 Å². The summed E-state index contributed by atoms with van der Waals surface area (Å²) in [4.78, 5) is 15.5. The van der Waals surface area contributed by atoms with Crippen LogP contribution in [-0.4, -0.2) is 19.9 Å². The highest BCUT2D eigenvalue weighted by Crippen LogP contribution is 2.26. The SMILES string of the molecule is [18F]c1ncccc1-c1ccc2c(n1)[nH]c1ccncc12. The molecule has 0 bridgehead atoms. The fourth-order valence-electron chi connectivity index (χ4n) is 2.34. The average Bonchev–Trinajstić information content (AvgIpc) is 2.85. The maximum atomic E-state index is 13.7. The molecule has 4 heterocycles. The lowest BCUT2D eigenvalue weighted by atomic mass is 10.1. The molecule has 0 aliphatic rings. The zero-order valence-corrected chi connectivity index (χ0v) is 10.3. The van der Waals surface area contributed by atoms with Gasteiger partial charge in [-0.05, 0) is 30.3 Å². The Morgan fingerprint density at radius 2 is 1.95 bits per heavy atom. The fourth-order valence-corrected chi connectivity index (χ4v) is 2.34. The maximum absolute atomic E-state index is 13.7. The van der Waals surface area contributed by atoms with Crippen LogP contribution in [0, 0.1) is 5.95 Å². The van der Waals surface area contributed by atoms with E-state index in [0.29, 0.717) is 16.9 Å². The highest BCUT2D eigenvalue weighted by molar-refractivity contribution is 6.05. The van der Waals surface area contributed by atoms with Crippen LogP contribution >= 0.6 is 0 Å². The zero-order valence-electron chi connectivity index (χ0n) is 10.3. The van der Waals surface area contributed by atoms with Gasteiger partial charge < -0.3 is 4.98 Å². The Balaban J connectivity index is 2.00. The number of pyridine rings is 3. The van der Waals surface area contributed by atoms with Crippen molar-refractivity contribution in [3.05, 3.63) is 54.9 Å². The molecule has 0 aliphatic carbocycles. The van der Waals surface area contributed by atoms with Crippen LogP contribution < -0.4 is 0 Å². The van der Waals surface area contributed by atoms with Crippen molar-refractivity contribution in [3.63, 3.8) is 0 Å². The van der Waals surface area contributed by atoms with Gasteiger partial charge in [0.2, 0.25) is 5.95 Å². The summed E-state index contributed by atoms with van der Waals surface area (Å²) in [5.41, 5.74) is 2.63. The van der Waals surface area contributed by atoms with Gasteiger partial charge in [-0.2, -0.15) is 4.39 Å². The zero-order chi connectivity index (χ0) is 13.5. The number of rotatable bonds is 1. The Morgan fingerprint density at radius 3 is 2.85 bits per heavy atom. The number of aromatic amines is 1. The minimum Gasteiger partial charge on any atom is -0.339 e. The second kappa shape index (κ2) is 4.09. The number of nitrogens with one attached hydrogen (secondary N) is 1. The topological polar surface area (TPSA) is 54.5 Å². The smallest absolute Gasteiger partial charge is 0.222 e. The fraction of sp³-hybridized carbons (Fsp3) is 0. The van der Waals surface area contributed by atoms with E-state index in [-0.39, 0.29) is 0 Å². The van der Waals surface area contributed by atoms with E-state index >= 15 is 0 Å². The van der Waals surface area contributed by atoms with Crippen LogP contribution in [0.3, 0.4) is 0 Å². The molecule has 4 aromatic heterocycles. The van der Waals surface area contributed by atoms with Crippen LogP contribution in [0.4, 0.5) is 4.39 Å². The van der Waals surface area contributed by atoms with Crippen molar-refractivity contribution >= 4 is 21.9 Å². The van der Waals surface area contributed by atoms with Gasteiger partial charge in [-0.15, -0.1) is 0 Å². The largest absolute Gasteiger partial charge is 0.339 e. The number of nitrogens with zero attached hydrogens (tertiary/aromatic N) is 3. The summed E-state index contributed by atoms with van der Waals surface area (Å²) in [6.07, 6.45) is 4.94. The number of aromatic nitrogens is 4. The first-order chi connectivity index (χ1) is 9.83. The van der Waals surface area contributed by atoms with E-state index in [9.17, 15) is 4.39 Å². The van der Waals surface area contributed by atoms with Crippen LogP contribution in [0.15, 0.2) is 48.9 Å². The van der Waals surface area contributed by atoms with E-state index in [0.717, 1.165) is 16.3 Å². The van der Waals surface area contributed by atoms with Crippen molar-refractivity contribution < 1.29 is 4.39 Å². The van der Waals surface area contributed by atoms with Gasteiger partial charge in [-0.1, -0.05) is 0 Å². The van der Waals surface area contributed by atoms with Crippen molar-refractivity contribution in [1.29, 1.82) is 0 Å². The molecule has 20 heavy (non-hydrogen) atoms. The molecule has 1 N–H and O–H groups in total. The van der Waals surface area contributed by atoms with Gasteiger partial charge in [-0.3, -0.25) is 4.98 Å². The van der Waals surface area contributed by atoms with Crippen molar-refractivity contribution in [2.45, 2.75) is 0 Å². The summed E-state index contributed by atoms with van der Waals surface area (Å²) in [5.74, 6) is -0.517. The van der Waals surface area contributed by atoms with Gasteiger partial charge in [0.15, 0.2) is 0 Å². The van der Waals surface area contributed by atoms with E-state index in [1.165, 1.54) is 6.20 Å². The van der Waals surface area contributed by atoms with Crippen LogP contribution in [0.25, 0.3) is 33.2 Å². The molecule has 4 aromatic rings. The van der Waals surface area contributed by atoms with Gasteiger partial charge in [0, 0.05) is 29.4 Å². The number of halogens is 1. The Labute approximate surface area is 113 Å². The molecular formula is C15H9FN4. The Kier molecular flexibility index (Phi) is 2.26. The molecule has 0 radical (unpaired) electrons. The van der Waals surface area contributed by atoms with Crippen molar-refractivity contribution in [3.8, 4) is 11.3 Å². The summed E-state index contributed by atoms with van der Waals surface area (Å²) in [7, 11) is 0. The van der Waals surface area contributed by atoms with Gasteiger partial charge in [0.25, 0.3) is 0 Å². The molecule has 96 valence electrons. The maximum Gasteiger partial charge on any atom is 0.222 e. The molecule has 4 rings (SSSR count). The van der Waals surface area contributed by atoms with E-state index in [4.69, 9.17) is 0 Å². The Hall–Kier alpha value is -2.82. The second-order valence-electron chi connectivity index (χ2n) is 4.48. The molecule has 0 saturated heterocycles. The molecule has 0 spiro atoms. The second-order valence-corrected chi connectivity index (χ2v) is 4.48. The third-order valence-electron chi connectivity index (χ3n) is 3.29. The lowest BCUT2D eigenvalue weighted by molar-refractivity contribution is 0.587. The number of hydrogen-bond donors (Lipinski definition) is 1. The first-order valence-electron chi connectivity index (χ1n) is 6.16. The first-order valence-corrected chi connectivity index (χ1v) is 6.16. The molecular weight excluding hydrogens is 254 g/mol. The normalized spacial score (nSPS) is 11.2. The lowest BCUT2D eigenvalue weighted by Gasteiger charge is -2.01. The minimum absolute atomic E-state index is 0.395. The van der Waals surface area contributed by atoms with Gasteiger partial charge in [-0.25, -0.2) is 9.97 Å². The quantitative estimate of drug-likeness (QED) is 0.536. The molecule has 0 fully saturated rings. The van der Waals surface area contributed by atoms with E-state index in [1.54, 1.807) is 30.6 Å². The Bertz CT molecular complexity index is 929. The summed E-state index contributed by atoms with van der Waals surface area (Å²) >= 11 is 0. The third-order valence-corrected chi connectivity index (χ3v) is 3.29. The highest BCUT2D eigenvalue weighted by atomic mass is 18.2. The summed E-state index contributed by atoms with van der Waals surface area (Å²) in [6.45, 7) is 0. The van der Waals surface area contributed by atoms with Gasteiger partial charge in [0.05, 0.1) is 16.8 Å². The molecule has 0 aromatic carbocycles. The lowest BCUT2D eigenvalue weighted by Crippen LogP contribution is -1.90. The third kappa shape index (κ3) is 1.56. The molecule has 0 amide bonds. The molecule has 5 heteroatoms. The van der Waals surface area contributed by atoms with E-state index in [2.05, 4.69) is 19.9 Å². The Morgan fingerprint density at radius 1 is 1.00 bits per heavy atom. The average molecular weight is 263 g/mol. The number of hydrogen-bond acceptors (Lipinski definition) is 3. The minimum atomic E-state index is -0.517. The van der Waals surface area contributed by atoms with Crippen molar-refractivity contribution in [1.82, 2.24) is 19.9 Å². The summed E-state index contributed by atoms with van der Waals surface area (Å²) in [5, 5.41) is 1.98. The standard InChI is InChI=1S/C15H9FN4/c16-14-10(2-1-6-18-14)12-4-3-9-11-8-17-7-5-13(11)20-15(9)19-12/h1-8H,(H,19,20)/i16-1. The van der Waals surface area contributed by atoms with Crippen molar-refractivity contribution in [2.75, 3.05) is 0 Å².